The van der Waals surface area contributed by atoms with E-state index in [-0.39, 0.29) is 0 Å². The summed E-state index contributed by atoms with van der Waals surface area (Å²) >= 11 is 0. The van der Waals surface area contributed by atoms with Crippen LogP contribution in [-0.4, -0.2) is 18.1 Å². The molecule has 0 saturated carbocycles. The van der Waals surface area contributed by atoms with Crippen molar-refractivity contribution >= 4 is 22.3 Å². The van der Waals surface area contributed by atoms with Crippen molar-refractivity contribution in [2.75, 3.05) is 23.7 Å². The Balaban J connectivity index is 1.98. The topological polar surface area (TPSA) is 42.1 Å². The number of pyridine rings is 1. The predicted octanol–water partition coefficient (Wildman–Crippen LogP) is 3.59. The van der Waals surface area contributed by atoms with Gasteiger partial charge in [-0.1, -0.05) is 19.3 Å². The first-order chi connectivity index (χ1) is 9.34. The highest BCUT2D eigenvalue weighted by atomic mass is 15.1. The molecule has 3 nitrogen and oxygen atoms in total. The Bertz CT molecular complexity index is 557. The Labute approximate surface area is 114 Å². The molecule has 1 saturated heterocycles. The summed E-state index contributed by atoms with van der Waals surface area (Å²) in [5.74, 6) is 0. The standard InChI is InChI=1S/C16H21N3/c17-13-6-7-14-15(12-13)18-9-8-16(14)19-10-4-2-1-3-5-11-19/h6-9,12H,1-5,10-11,17H2. The maximum atomic E-state index is 5.84. The van der Waals surface area contributed by atoms with Crippen LogP contribution < -0.4 is 10.6 Å². The maximum absolute atomic E-state index is 5.84. The smallest absolute Gasteiger partial charge is 0.0743 e. The summed E-state index contributed by atoms with van der Waals surface area (Å²) in [4.78, 5) is 6.95. The number of anilines is 2. The van der Waals surface area contributed by atoms with Crippen molar-refractivity contribution in [1.29, 1.82) is 0 Å². The van der Waals surface area contributed by atoms with Crippen LogP contribution in [0.5, 0.6) is 0 Å². The highest BCUT2D eigenvalue weighted by Crippen LogP contribution is 2.28. The lowest BCUT2D eigenvalue weighted by Crippen LogP contribution is -2.27. The minimum atomic E-state index is 0.782. The van der Waals surface area contributed by atoms with Crippen LogP contribution in [-0.2, 0) is 0 Å². The highest BCUT2D eigenvalue weighted by molar-refractivity contribution is 5.93. The fourth-order valence-corrected chi connectivity index (χ4v) is 2.91. The van der Waals surface area contributed by atoms with Crippen LogP contribution in [0.3, 0.4) is 0 Å². The normalized spacial score (nSPS) is 17.2. The van der Waals surface area contributed by atoms with Gasteiger partial charge in [0.25, 0.3) is 0 Å². The molecule has 1 aliphatic rings. The first kappa shape index (κ1) is 12.3. The molecule has 2 aromatic rings. The Morgan fingerprint density at radius 2 is 1.68 bits per heavy atom. The van der Waals surface area contributed by atoms with Gasteiger partial charge in [0.05, 0.1) is 5.52 Å². The molecule has 0 atom stereocenters. The van der Waals surface area contributed by atoms with E-state index in [0.29, 0.717) is 0 Å². The fraction of sp³-hybridized carbons (Fsp3) is 0.438. The molecule has 0 amide bonds. The van der Waals surface area contributed by atoms with Crippen LogP contribution in [0, 0.1) is 0 Å². The van der Waals surface area contributed by atoms with Crippen molar-refractivity contribution in [3.05, 3.63) is 30.5 Å². The molecule has 0 radical (unpaired) electrons. The van der Waals surface area contributed by atoms with Gasteiger partial charge in [0.1, 0.15) is 0 Å². The highest BCUT2D eigenvalue weighted by Gasteiger charge is 2.12. The van der Waals surface area contributed by atoms with Crippen LogP contribution in [0.15, 0.2) is 30.5 Å². The van der Waals surface area contributed by atoms with Crippen LogP contribution in [0.25, 0.3) is 10.9 Å². The van der Waals surface area contributed by atoms with Gasteiger partial charge in [-0.15, -0.1) is 0 Å². The van der Waals surface area contributed by atoms with E-state index in [4.69, 9.17) is 5.73 Å². The van der Waals surface area contributed by atoms with E-state index in [1.807, 2.05) is 18.3 Å². The van der Waals surface area contributed by atoms with Gasteiger partial charge in [0, 0.05) is 36.0 Å². The molecule has 3 heteroatoms. The van der Waals surface area contributed by atoms with Crippen molar-refractivity contribution < 1.29 is 0 Å². The van der Waals surface area contributed by atoms with Crippen molar-refractivity contribution in [2.24, 2.45) is 0 Å². The molecular weight excluding hydrogens is 234 g/mol. The zero-order valence-electron chi connectivity index (χ0n) is 11.3. The minimum absolute atomic E-state index is 0.782. The molecule has 19 heavy (non-hydrogen) atoms. The number of nitrogen functional groups attached to an aromatic ring is 1. The summed E-state index contributed by atoms with van der Waals surface area (Å²) in [5, 5.41) is 1.22. The molecule has 3 rings (SSSR count). The van der Waals surface area contributed by atoms with E-state index < -0.39 is 0 Å². The van der Waals surface area contributed by atoms with Gasteiger partial charge < -0.3 is 10.6 Å². The van der Waals surface area contributed by atoms with Crippen LogP contribution in [0.4, 0.5) is 11.4 Å². The monoisotopic (exact) mass is 255 g/mol. The lowest BCUT2D eigenvalue weighted by atomic mass is 10.1. The van der Waals surface area contributed by atoms with Crippen molar-refractivity contribution in [2.45, 2.75) is 32.1 Å². The number of hydrogen-bond acceptors (Lipinski definition) is 3. The lowest BCUT2D eigenvalue weighted by Gasteiger charge is -2.27. The molecule has 1 aliphatic heterocycles. The van der Waals surface area contributed by atoms with E-state index in [9.17, 15) is 0 Å². The second kappa shape index (κ2) is 5.47. The second-order valence-electron chi connectivity index (χ2n) is 5.36. The number of fused-ring (bicyclic) bond motifs is 1. The Hall–Kier alpha value is -1.77. The number of nitrogens with zero attached hydrogens (tertiary/aromatic N) is 2. The fourth-order valence-electron chi connectivity index (χ4n) is 2.91. The molecule has 1 aromatic carbocycles. The first-order valence-corrected chi connectivity index (χ1v) is 7.24. The summed E-state index contributed by atoms with van der Waals surface area (Å²) < 4.78 is 0. The van der Waals surface area contributed by atoms with Crippen molar-refractivity contribution in [3.8, 4) is 0 Å². The Morgan fingerprint density at radius 3 is 2.47 bits per heavy atom. The summed E-state index contributed by atoms with van der Waals surface area (Å²) in [6.45, 7) is 2.31. The van der Waals surface area contributed by atoms with Crippen molar-refractivity contribution in [1.82, 2.24) is 4.98 Å². The summed E-state index contributed by atoms with van der Waals surface area (Å²) in [5.41, 5.74) is 8.94. The van der Waals surface area contributed by atoms with E-state index in [1.54, 1.807) is 0 Å². The van der Waals surface area contributed by atoms with Gasteiger partial charge >= 0.3 is 0 Å². The van der Waals surface area contributed by atoms with Gasteiger partial charge in [-0.05, 0) is 37.1 Å². The Morgan fingerprint density at radius 1 is 0.947 bits per heavy atom. The molecule has 2 N–H and O–H groups in total. The quantitative estimate of drug-likeness (QED) is 0.792. The van der Waals surface area contributed by atoms with Crippen LogP contribution >= 0.6 is 0 Å². The minimum Gasteiger partial charge on any atom is -0.399 e. The number of nitrogens with two attached hydrogens (primary N) is 1. The molecule has 0 bridgehead atoms. The molecule has 0 spiro atoms. The van der Waals surface area contributed by atoms with E-state index in [1.165, 1.54) is 43.2 Å². The zero-order valence-corrected chi connectivity index (χ0v) is 11.3. The lowest BCUT2D eigenvalue weighted by molar-refractivity contribution is 0.557. The molecule has 2 heterocycles. The number of aromatic nitrogens is 1. The maximum Gasteiger partial charge on any atom is 0.0743 e. The summed E-state index contributed by atoms with van der Waals surface area (Å²) in [6.07, 6.45) is 8.58. The van der Waals surface area contributed by atoms with Gasteiger partial charge in [0.15, 0.2) is 0 Å². The molecule has 0 unspecified atom stereocenters. The number of benzene rings is 1. The van der Waals surface area contributed by atoms with Gasteiger partial charge in [0.2, 0.25) is 0 Å². The molecule has 0 aliphatic carbocycles. The number of hydrogen-bond donors (Lipinski definition) is 1. The van der Waals surface area contributed by atoms with E-state index in [2.05, 4.69) is 22.0 Å². The largest absolute Gasteiger partial charge is 0.399 e. The average Bonchev–Trinajstić information content (AvgIpc) is 2.37. The third-order valence-corrected chi connectivity index (χ3v) is 3.94. The summed E-state index contributed by atoms with van der Waals surface area (Å²) in [7, 11) is 0. The van der Waals surface area contributed by atoms with Crippen LogP contribution in [0.2, 0.25) is 0 Å². The first-order valence-electron chi connectivity index (χ1n) is 7.24. The SMILES string of the molecule is Nc1ccc2c(N3CCCCCCC3)ccnc2c1. The van der Waals surface area contributed by atoms with Crippen LogP contribution in [0.1, 0.15) is 32.1 Å². The van der Waals surface area contributed by atoms with Gasteiger partial charge in [-0.25, -0.2) is 0 Å². The van der Waals surface area contributed by atoms with Gasteiger partial charge in [-0.3, -0.25) is 4.98 Å². The second-order valence-corrected chi connectivity index (χ2v) is 5.36. The van der Waals surface area contributed by atoms with Crippen molar-refractivity contribution in [3.63, 3.8) is 0 Å². The molecule has 1 aromatic heterocycles. The molecule has 1 fully saturated rings. The molecular formula is C16H21N3. The van der Waals surface area contributed by atoms with E-state index >= 15 is 0 Å². The predicted molar refractivity (Wildman–Crippen MR) is 81.5 cm³/mol. The third kappa shape index (κ3) is 2.65. The van der Waals surface area contributed by atoms with Gasteiger partial charge in [-0.2, -0.15) is 0 Å². The summed E-state index contributed by atoms with van der Waals surface area (Å²) in [6, 6.07) is 8.17. The Kier molecular flexibility index (Phi) is 3.53. The average molecular weight is 255 g/mol. The third-order valence-electron chi connectivity index (χ3n) is 3.94. The number of rotatable bonds is 1. The molecule has 100 valence electrons. The zero-order chi connectivity index (χ0) is 13.1. The van der Waals surface area contributed by atoms with E-state index in [0.717, 1.165) is 24.3 Å².